The van der Waals surface area contributed by atoms with Crippen LogP contribution in [0.1, 0.15) is 35.2 Å². The summed E-state index contributed by atoms with van der Waals surface area (Å²) in [6.07, 6.45) is 1.91. The van der Waals surface area contributed by atoms with Crippen molar-refractivity contribution in [3.63, 3.8) is 0 Å². The minimum Gasteiger partial charge on any atom is -0.497 e. The van der Waals surface area contributed by atoms with E-state index >= 15 is 0 Å². The van der Waals surface area contributed by atoms with Crippen molar-refractivity contribution in [2.24, 2.45) is 0 Å². The molecule has 1 aliphatic rings. The van der Waals surface area contributed by atoms with Crippen molar-refractivity contribution in [2.45, 2.75) is 43.3 Å². The van der Waals surface area contributed by atoms with Crippen LogP contribution in [0.15, 0.2) is 46.7 Å². The van der Waals surface area contributed by atoms with Gasteiger partial charge in [0, 0.05) is 31.0 Å². The molecule has 0 atom stereocenters. The summed E-state index contributed by atoms with van der Waals surface area (Å²) < 4.78 is 37.3. The van der Waals surface area contributed by atoms with Crippen LogP contribution in [0.4, 0.5) is 5.13 Å². The smallest absolute Gasteiger partial charge is 0.185 e. The normalized spacial score (nSPS) is 15.0. The Morgan fingerprint density at radius 2 is 1.82 bits per heavy atom. The highest BCUT2D eigenvalue weighted by atomic mass is 32.2. The fourth-order valence-corrected chi connectivity index (χ4v) is 7.03. The third-order valence-corrected chi connectivity index (χ3v) is 9.48. The van der Waals surface area contributed by atoms with E-state index in [2.05, 4.69) is 42.3 Å². The van der Waals surface area contributed by atoms with Crippen molar-refractivity contribution >= 4 is 26.3 Å². The van der Waals surface area contributed by atoms with Gasteiger partial charge in [0.15, 0.2) is 15.0 Å². The highest BCUT2D eigenvalue weighted by molar-refractivity contribution is 7.92. The number of piperidine rings is 1. The zero-order valence-corrected chi connectivity index (χ0v) is 21.1. The number of aryl methyl sites for hydroxylation is 2. The van der Waals surface area contributed by atoms with Crippen molar-refractivity contribution in [3.05, 3.63) is 64.2 Å². The first-order chi connectivity index (χ1) is 15.8. The van der Waals surface area contributed by atoms with E-state index in [-0.39, 0.29) is 4.90 Å². The Labute approximate surface area is 200 Å². The first kappa shape index (κ1) is 23.6. The van der Waals surface area contributed by atoms with Crippen molar-refractivity contribution in [1.82, 2.24) is 4.98 Å². The van der Waals surface area contributed by atoms with Gasteiger partial charge >= 0.3 is 0 Å². The molecule has 1 aliphatic heterocycles. The molecule has 2 aromatic carbocycles. The molecule has 2 heterocycles. The van der Waals surface area contributed by atoms with Gasteiger partial charge in [-0.05, 0) is 49.9 Å². The molecule has 1 fully saturated rings. The molecule has 0 unspecified atom stereocenters. The van der Waals surface area contributed by atoms with Gasteiger partial charge in [-0.25, -0.2) is 13.4 Å². The predicted octanol–water partition coefficient (Wildman–Crippen LogP) is 4.81. The molecule has 0 aliphatic carbocycles. The number of ether oxygens (including phenoxy) is 2. The maximum Gasteiger partial charge on any atom is 0.185 e. The van der Waals surface area contributed by atoms with E-state index in [0.717, 1.165) is 17.2 Å². The Bertz CT molecular complexity index is 1230. The Morgan fingerprint density at radius 1 is 1.06 bits per heavy atom. The molecule has 0 amide bonds. The molecule has 6 nitrogen and oxygen atoms in total. The summed E-state index contributed by atoms with van der Waals surface area (Å²) in [6.45, 7) is 5.55. The first-order valence-corrected chi connectivity index (χ1v) is 13.5. The number of aromatic nitrogens is 1. The summed E-state index contributed by atoms with van der Waals surface area (Å²) in [5, 5.41) is 2.62. The summed E-state index contributed by atoms with van der Waals surface area (Å²) in [5.74, 6) is 0.861. The number of hydrogen-bond donors (Lipinski definition) is 0. The number of thiazole rings is 1. The number of methoxy groups -OCH3 is 2. The van der Waals surface area contributed by atoms with Gasteiger partial charge in [0.25, 0.3) is 0 Å². The lowest BCUT2D eigenvalue weighted by Gasteiger charge is -2.31. The van der Waals surface area contributed by atoms with E-state index in [9.17, 15) is 8.42 Å². The molecule has 1 saturated heterocycles. The quantitative estimate of drug-likeness (QED) is 0.477. The maximum absolute atomic E-state index is 13.4. The SMILES string of the molecule is COc1ccc(OC)c(S(=O)(=O)C2CCN(c3nc(Cc4cc(C)ccc4C)cs3)CC2)c1. The number of hydrogen-bond acceptors (Lipinski definition) is 7. The van der Waals surface area contributed by atoms with Crippen LogP contribution in [0, 0.1) is 13.8 Å². The number of nitrogens with zero attached hydrogens (tertiary/aromatic N) is 2. The van der Waals surface area contributed by atoms with Crippen LogP contribution in [-0.2, 0) is 16.3 Å². The Balaban J connectivity index is 1.45. The molecular formula is C25H30N2O4S2. The zero-order valence-electron chi connectivity index (χ0n) is 19.5. The molecule has 176 valence electrons. The Morgan fingerprint density at radius 3 is 2.52 bits per heavy atom. The molecule has 4 rings (SSSR count). The monoisotopic (exact) mass is 486 g/mol. The highest BCUT2D eigenvalue weighted by Gasteiger charge is 2.34. The van der Waals surface area contributed by atoms with E-state index in [0.29, 0.717) is 37.4 Å². The van der Waals surface area contributed by atoms with Crippen LogP contribution < -0.4 is 14.4 Å². The second-order valence-corrected chi connectivity index (χ2v) is 11.5. The van der Waals surface area contributed by atoms with Gasteiger partial charge in [-0.3, -0.25) is 0 Å². The molecule has 0 radical (unpaired) electrons. The molecule has 0 bridgehead atoms. The Kier molecular flexibility index (Phi) is 6.95. The van der Waals surface area contributed by atoms with Gasteiger partial charge in [0.1, 0.15) is 16.4 Å². The van der Waals surface area contributed by atoms with Gasteiger partial charge in [-0.15, -0.1) is 11.3 Å². The van der Waals surface area contributed by atoms with Crippen LogP contribution in [0.2, 0.25) is 0 Å². The van der Waals surface area contributed by atoms with Crippen LogP contribution in [0.3, 0.4) is 0 Å². The number of sulfone groups is 1. The van der Waals surface area contributed by atoms with Crippen LogP contribution >= 0.6 is 11.3 Å². The predicted molar refractivity (Wildman–Crippen MR) is 133 cm³/mol. The van der Waals surface area contributed by atoms with Crippen molar-refractivity contribution in [3.8, 4) is 11.5 Å². The molecular weight excluding hydrogens is 456 g/mol. The highest BCUT2D eigenvalue weighted by Crippen LogP contribution is 2.35. The molecule has 33 heavy (non-hydrogen) atoms. The largest absolute Gasteiger partial charge is 0.497 e. The average molecular weight is 487 g/mol. The van der Waals surface area contributed by atoms with Crippen molar-refractivity contribution < 1.29 is 17.9 Å². The van der Waals surface area contributed by atoms with Gasteiger partial charge in [0.05, 0.1) is 25.2 Å². The third kappa shape index (κ3) is 5.01. The van der Waals surface area contributed by atoms with E-state index in [1.807, 2.05) is 0 Å². The zero-order chi connectivity index (χ0) is 23.6. The third-order valence-electron chi connectivity index (χ3n) is 6.24. The lowest BCUT2D eigenvalue weighted by Crippen LogP contribution is -2.39. The van der Waals surface area contributed by atoms with Crippen LogP contribution in [0.5, 0.6) is 11.5 Å². The molecule has 0 N–H and O–H groups in total. The number of anilines is 1. The van der Waals surface area contributed by atoms with Gasteiger partial charge < -0.3 is 14.4 Å². The van der Waals surface area contributed by atoms with Gasteiger partial charge in [0.2, 0.25) is 0 Å². The second-order valence-electron chi connectivity index (χ2n) is 8.48. The maximum atomic E-state index is 13.4. The van der Waals surface area contributed by atoms with Crippen molar-refractivity contribution in [2.75, 3.05) is 32.2 Å². The summed E-state index contributed by atoms with van der Waals surface area (Å²) in [4.78, 5) is 7.26. The van der Waals surface area contributed by atoms with Crippen LogP contribution in [0.25, 0.3) is 0 Å². The van der Waals surface area contributed by atoms with Gasteiger partial charge in [-0.1, -0.05) is 23.8 Å². The molecule has 1 aromatic heterocycles. The fraction of sp³-hybridized carbons (Fsp3) is 0.400. The lowest BCUT2D eigenvalue weighted by atomic mass is 10.0. The van der Waals surface area contributed by atoms with E-state index in [1.54, 1.807) is 29.5 Å². The van der Waals surface area contributed by atoms with Crippen molar-refractivity contribution in [1.29, 1.82) is 0 Å². The summed E-state index contributed by atoms with van der Waals surface area (Å²) in [7, 11) is -0.521. The van der Waals surface area contributed by atoms with E-state index in [1.165, 1.54) is 30.9 Å². The first-order valence-electron chi connectivity index (χ1n) is 11.0. The average Bonchev–Trinajstić information content (AvgIpc) is 3.29. The molecule has 8 heteroatoms. The minimum absolute atomic E-state index is 0.202. The summed E-state index contributed by atoms with van der Waals surface area (Å²) in [6, 6.07) is 11.4. The molecule has 0 saturated carbocycles. The van der Waals surface area contributed by atoms with E-state index < -0.39 is 15.1 Å². The number of rotatable bonds is 7. The van der Waals surface area contributed by atoms with Gasteiger partial charge in [-0.2, -0.15) is 0 Å². The lowest BCUT2D eigenvalue weighted by molar-refractivity contribution is 0.391. The minimum atomic E-state index is -3.54. The second kappa shape index (κ2) is 9.73. The summed E-state index contributed by atoms with van der Waals surface area (Å²) in [5.41, 5.74) is 4.87. The topological polar surface area (TPSA) is 68.7 Å². The standard InChI is InChI=1S/C25H30N2O4S2/c1-17-5-6-18(2)19(13-17)14-20-16-32-25(26-20)27-11-9-22(10-12-27)33(28,29)24-15-21(30-3)7-8-23(24)31-4/h5-8,13,15-16,22H,9-12,14H2,1-4H3. The number of benzene rings is 2. The summed E-state index contributed by atoms with van der Waals surface area (Å²) >= 11 is 1.63. The molecule has 0 spiro atoms. The Hall–Kier alpha value is -2.58. The molecule has 3 aromatic rings. The fourth-order valence-electron chi connectivity index (χ4n) is 4.25. The van der Waals surface area contributed by atoms with E-state index in [4.69, 9.17) is 14.5 Å². The van der Waals surface area contributed by atoms with Crippen LogP contribution in [-0.4, -0.2) is 46.0 Å².